The Labute approximate surface area is 206 Å². The zero-order valence-corrected chi connectivity index (χ0v) is 20.1. The van der Waals surface area contributed by atoms with E-state index in [2.05, 4.69) is 47.0 Å². The fraction of sp³-hybridized carbons (Fsp3) is 0.0455. The summed E-state index contributed by atoms with van der Waals surface area (Å²) in [6.07, 6.45) is 0. The number of halogens is 1. The van der Waals surface area contributed by atoms with E-state index in [0.29, 0.717) is 28.0 Å². The van der Waals surface area contributed by atoms with E-state index in [0.717, 1.165) is 4.47 Å². The van der Waals surface area contributed by atoms with Crippen molar-refractivity contribution in [3.05, 3.63) is 82.5 Å². The lowest BCUT2D eigenvalue weighted by molar-refractivity contribution is 0.102. The molecule has 176 valence electrons. The number of amides is 1. The molecule has 13 heteroatoms. The van der Waals surface area contributed by atoms with Gasteiger partial charge in [-0.2, -0.15) is 8.42 Å². The lowest BCUT2D eigenvalue weighted by Crippen LogP contribution is -2.13. The van der Waals surface area contributed by atoms with Crippen LogP contribution in [0.4, 0.5) is 5.69 Å². The van der Waals surface area contributed by atoms with Crippen molar-refractivity contribution in [3.63, 3.8) is 0 Å². The highest BCUT2D eigenvalue weighted by atomic mass is 79.9. The minimum absolute atomic E-state index is 0.0169. The molecule has 0 unspecified atom stereocenters. The third kappa shape index (κ3) is 5.05. The number of carbonyl (C=O) groups is 1. The number of fused-ring (bicyclic) bond motifs is 1. The van der Waals surface area contributed by atoms with Crippen LogP contribution in [0.3, 0.4) is 0 Å². The summed E-state index contributed by atoms with van der Waals surface area (Å²) in [6.45, 7) is 0. The van der Waals surface area contributed by atoms with E-state index in [9.17, 15) is 13.2 Å². The van der Waals surface area contributed by atoms with Gasteiger partial charge in [-0.3, -0.25) is 4.79 Å². The molecule has 11 nitrogen and oxygen atoms in total. The minimum atomic E-state index is -3.90. The van der Waals surface area contributed by atoms with Crippen LogP contribution in [0.2, 0.25) is 0 Å². The Morgan fingerprint density at radius 2 is 1.91 bits per heavy atom. The Bertz CT molecular complexity index is 1620. The van der Waals surface area contributed by atoms with E-state index >= 15 is 0 Å². The number of aromatic nitrogens is 5. The summed E-state index contributed by atoms with van der Waals surface area (Å²) in [5.74, 6) is -0.411. The summed E-state index contributed by atoms with van der Waals surface area (Å²) < 4.78 is 36.1. The number of hydrogen-bond donors (Lipinski definition) is 2. The van der Waals surface area contributed by atoms with Gasteiger partial charge in [-0.1, -0.05) is 51.4 Å². The molecule has 2 heterocycles. The lowest BCUT2D eigenvalue weighted by Gasteiger charge is -2.09. The second kappa shape index (κ2) is 9.27. The van der Waals surface area contributed by atoms with E-state index in [1.54, 1.807) is 48.5 Å². The maximum atomic E-state index is 13.0. The molecule has 0 atom stereocenters. The van der Waals surface area contributed by atoms with Crippen LogP contribution in [0.1, 0.15) is 16.1 Å². The van der Waals surface area contributed by atoms with Gasteiger partial charge < -0.3 is 14.0 Å². The molecule has 0 fully saturated rings. The third-order valence-corrected chi connectivity index (χ3v) is 6.52. The number of tetrazole rings is 1. The van der Waals surface area contributed by atoms with E-state index in [4.69, 9.17) is 8.71 Å². The molecule has 1 amide bonds. The predicted octanol–water partition coefficient (Wildman–Crippen LogP) is 3.93. The number of rotatable bonds is 7. The molecule has 2 N–H and O–H groups in total. The molecule has 3 aromatic carbocycles. The van der Waals surface area contributed by atoms with Crippen molar-refractivity contribution in [2.75, 3.05) is 5.32 Å². The van der Waals surface area contributed by atoms with Crippen LogP contribution in [0, 0.1) is 0 Å². The van der Waals surface area contributed by atoms with Crippen LogP contribution < -0.4 is 9.50 Å². The highest BCUT2D eigenvalue weighted by molar-refractivity contribution is 9.10. The van der Waals surface area contributed by atoms with Crippen molar-refractivity contribution < 1.29 is 21.9 Å². The number of nitrogens with zero attached hydrogens (tertiary/aromatic N) is 4. The van der Waals surface area contributed by atoms with E-state index in [-0.39, 0.29) is 22.8 Å². The van der Waals surface area contributed by atoms with Crippen molar-refractivity contribution >= 4 is 48.6 Å². The SMILES string of the molecule is O=C(Nc1ccc(Br)cc1-c1nnn[nH]1)c1noc2cc(OS(=O)(=O)Cc3ccccc3)ccc12. The first-order valence-electron chi connectivity index (χ1n) is 10.1. The summed E-state index contributed by atoms with van der Waals surface area (Å²) in [7, 11) is -3.90. The molecule has 0 saturated carbocycles. The van der Waals surface area contributed by atoms with Gasteiger partial charge in [0.15, 0.2) is 17.1 Å². The Hall–Kier alpha value is -4.10. The second-order valence-corrected chi connectivity index (χ2v) is 9.84. The first kappa shape index (κ1) is 22.7. The quantitative estimate of drug-likeness (QED) is 0.285. The average Bonchev–Trinajstić information content (AvgIpc) is 3.50. The Kier molecular flexibility index (Phi) is 6.01. The van der Waals surface area contributed by atoms with Crippen LogP contribution in [0.15, 0.2) is 75.7 Å². The predicted molar refractivity (Wildman–Crippen MR) is 129 cm³/mol. The zero-order valence-electron chi connectivity index (χ0n) is 17.7. The molecular formula is C22H15BrN6O5S. The molecule has 2 aromatic heterocycles. The van der Waals surface area contributed by atoms with Gasteiger partial charge in [0.25, 0.3) is 5.91 Å². The van der Waals surface area contributed by atoms with Crippen molar-refractivity contribution in [2.45, 2.75) is 5.75 Å². The molecule has 35 heavy (non-hydrogen) atoms. The topological polar surface area (TPSA) is 153 Å². The molecule has 0 aliphatic carbocycles. The molecule has 0 spiro atoms. The van der Waals surface area contributed by atoms with Gasteiger partial charge in [-0.15, -0.1) is 5.10 Å². The fourth-order valence-corrected chi connectivity index (χ4v) is 4.78. The number of benzene rings is 3. The second-order valence-electron chi connectivity index (χ2n) is 7.35. The van der Waals surface area contributed by atoms with Crippen LogP contribution in [0.5, 0.6) is 5.75 Å². The molecule has 0 aliphatic heterocycles. The van der Waals surface area contributed by atoms with Crippen LogP contribution in [0.25, 0.3) is 22.4 Å². The summed E-state index contributed by atoms with van der Waals surface area (Å²) in [6, 6.07) is 18.2. The van der Waals surface area contributed by atoms with Crippen LogP contribution >= 0.6 is 15.9 Å². The number of carbonyl (C=O) groups excluding carboxylic acids is 1. The number of anilines is 1. The summed E-state index contributed by atoms with van der Waals surface area (Å²) in [4.78, 5) is 13.0. The standard InChI is InChI=1S/C22H15BrN6O5S/c23-14-6-9-18(17(10-14)21-25-28-29-26-21)24-22(30)20-16-8-7-15(11-19(16)33-27-20)34-35(31,32)12-13-4-2-1-3-5-13/h1-11H,12H2,(H,24,30)(H,25,26,28,29). The first-order valence-corrected chi connectivity index (χ1v) is 12.5. The molecule has 0 bridgehead atoms. The van der Waals surface area contributed by atoms with Gasteiger partial charge in [0.1, 0.15) is 11.5 Å². The maximum Gasteiger partial charge on any atom is 0.313 e. The van der Waals surface area contributed by atoms with Gasteiger partial charge in [0.05, 0.1) is 11.1 Å². The lowest BCUT2D eigenvalue weighted by atomic mass is 10.1. The Balaban J connectivity index is 1.37. The van der Waals surface area contributed by atoms with Gasteiger partial charge in [-0.05, 0) is 46.3 Å². The number of aromatic amines is 1. The van der Waals surface area contributed by atoms with Crippen LogP contribution in [-0.2, 0) is 15.9 Å². The maximum absolute atomic E-state index is 13.0. The highest BCUT2D eigenvalue weighted by Gasteiger charge is 2.21. The number of hydrogen-bond acceptors (Lipinski definition) is 9. The van der Waals surface area contributed by atoms with E-state index in [1.165, 1.54) is 18.2 Å². The Morgan fingerprint density at radius 3 is 2.69 bits per heavy atom. The molecular weight excluding hydrogens is 540 g/mol. The molecule has 5 aromatic rings. The monoisotopic (exact) mass is 554 g/mol. The average molecular weight is 555 g/mol. The number of nitrogens with one attached hydrogen (secondary N) is 2. The van der Waals surface area contributed by atoms with Crippen LogP contribution in [-0.4, -0.2) is 40.1 Å². The van der Waals surface area contributed by atoms with Crippen molar-refractivity contribution in [1.29, 1.82) is 0 Å². The first-order chi connectivity index (χ1) is 16.9. The molecule has 5 rings (SSSR count). The van der Waals surface area contributed by atoms with Gasteiger partial charge in [-0.25, -0.2) is 5.10 Å². The smallest absolute Gasteiger partial charge is 0.313 e. The zero-order chi connectivity index (χ0) is 24.4. The number of H-pyrrole nitrogens is 1. The summed E-state index contributed by atoms with van der Waals surface area (Å²) in [5.41, 5.74) is 1.81. The largest absolute Gasteiger partial charge is 0.382 e. The summed E-state index contributed by atoms with van der Waals surface area (Å²) >= 11 is 3.39. The van der Waals surface area contributed by atoms with E-state index in [1.807, 2.05) is 0 Å². The highest BCUT2D eigenvalue weighted by Crippen LogP contribution is 2.30. The summed E-state index contributed by atoms with van der Waals surface area (Å²) in [5, 5.41) is 20.7. The normalized spacial score (nSPS) is 11.5. The molecule has 0 saturated heterocycles. The van der Waals surface area contributed by atoms with Crippen molar-refractivity contribution in [2.24, 2.45) is 0 Å². The van der Waals surface area contributed by atoms with Crippen molar-refractivity contribution in [3.8, 4) is 17.1 Å². The fourth-order valence-electron chi connectivity index (χ4n) is 3.36. The van der Waals surface area contributed by atoms with Crippen molar-refractivity contribution in [1.82, 2.24) is 25.8 Å². The molecule has 0 aliphatic rings. The minimum Gasteiger partial charge on any atom is -0.382 e. The third-order valence-electron chi connectivity index (χ3n) is 4.90. The van der Waals surface area contributed by atoms with E-state index < -0.39 is 16.0 Å². The van der Waals surface area contributed by atoms with Gasteiger partial charge in [0, 0.05) is 16.1 Å². The van der Waals surface area contributed by atoms with Gasteiger partial charge >= 0.3 is 10.1 Å². The Morgan fingerprint density at radius 1 is 1.09 bits per heavy atom. The van der Waals surface area contributed by atoms with Gasteiger partial charge in [0.2, 0.25) is 0 Å². The molecule has 0 radical (unpaired) electrons.